The van der Waals surface area contributed by atoms with Crippen molar-refractivity contribution in [1.29, 1.82) is 0 Å². The summed E-state index contributed by atoms with van der Waals surface area (Å²) in [5.41, 5.74) is 14.5. The molecule has 0 radical (unpaired) electrons. The molecule has 3 aromatic heterocycles. The first-order valence-corrected chi connectivity index (χ1v) is 22.6. The van der Waals surface area contributed by atoms with Crippen molar-refractivity contribution < 1.29 is 4.42 Å². The number of thiophene rings is 1. The molecule has 0 saturated heterocycles. The highest BCUT2D eigenvalue weighted by Crippen LogP contribution is 2.56. The molecule has 0 fully saturated rings. The highest BCUT2D eigenvalue weighted by atomic mass is 32.1. The third-order valence-electron chi connectivity index (χ3n) is 12.9. The average molecular weight is 849 g/mol. The van der Waals surface area contributed by atoms with Crippen molar-refractivity contribution in [3.63, 3.8) is 0 Å². The van der Waals surface area contributed by atoms with Gasteiger partial charge in [-0.25, -0.2) is 19.9 Å². The number of fused-ring (bicyclic) bond motifs is 7. The van der Waals surface area contributed by atoms with Gasteiger partial charge in [-0.2, -0.15) is 0 Å². The van der Waals surface area contributed by atoms with E-state index < -0.39 is 5.41 Å². The maximum atomic E-state index is 6.51. The predicted octanol–water partition coefficient (Wildman–Crippen LogP) is 15.1. The van der Waals surface area contributed by atoms with Gasteiger partial charge >= 0.3 is 0 Å². The number of benzene rings is 9. The predicted molar refractivity (Wildman–Crippen MR) is 265 cm³/mol. The maximum Gasteiger partial charge on any atom is 0.227 e. The van der Waals surface area contributed by atoms with Crippen molar-refractivity contribution in [2.45, 2.75) is 5.41 Å². The van der Waals surface area contributed by atoms with Crippen LogP contribution in [0.4, 0.5) is 0 Å². The number of nitrogens with zero attached hydrogens (tertiary/aromatic N) is 4. The fourth-order valence-electron chi connectivity index (χ4n) is 9.83. The molecule has 0 unspecified atom stereocenters. The Morgan fingerprint density at radius 1 is 0.354 bits per heavy atom. The molecule has 1 aliphatic carbocycles. The molecular weight excluding hydrogens is 813 g/mol. The maximum absolute atomic E-state index is 6.51. The van der Waals surface area contributed by atoms with Crippen LogP contribution in [0.3, 0.4) is 0 Å². The summed E-state index contributed by atoms with van der Waals surface area (Å²) in [5, 5.41) is 2.39. The van der Waals surface area contributed by atoms with Gasteiger partial charge in [-0.1, -0.05) is 164 Å². The minimum atomic E-state index is -0.584. The van der Waals surface area contributed by atoms with Crippen molar-refractivity contribution in [2.24, 2.45) is 0 Å². The van der Waals surface area contributed by atoms with E-state index in [2.05, 4.69) is 127 Å². The van der Waals surface area contributed by atoms with Crippen molar-refractivity contribution in [3.05, 3.63) is 241 Å². The molecule has 0 aliphatic heterocycles. The van der Waals surface area contributed by atoms with E-state index in [0.717, 1.165) is 50.0 Å². The summed E-state index contributed by atoms with van der Waals surface area (Å²) in [6.45, 7) is 0. The number of aromatic nitrogens is 4. The van der Waals surface area contributed by atoms with Crippen LogP contribution in [0.5, 0.6) is 0 Å². The normalized spacial score (nSPS) is 12.7. The van der Waals surface area contributed by atoms with Gasteiger partial charge in [0.25, 0.3) is 0 Å². The monoisotopic (exact) mass is 848 g/mol. The lowest BCUT2D eigenvalue weighted by Gasteiger charge is -2.34. The molecule has 0 bridgehead atoms. The van der Waals surface area contributed by atoms with Crippen LogP contribution in [-0.2, 0) is 5.41 Å². The van der Waals surface area contributed by atoms with Crippen LogP contribution >= 0.6 is 11.3 Å². The Morgan fingerprint density at radius 2 is 0.831 bits per heavy atom. The van der Waals surface area contributed by atoms with E-state index in [9.17, 15) is 0 Å². The van der Waals surface area contributed by atoms with Crippen molar-refractivity contribution in [1.82, 2.24) is 19.9 Å². The molecule has 12 aromatic rings. The van der Waals surface area contributed by atoms with E-state index in [4.69, 9.17) is 24.4 Å². The van der Waals surface area contributed by atoms with E-state index in [1.54, 1.807) is 0 Å². The Labute approximate surface area is 379 Å². The molecule has 65 heavy (non-hydrogen) atoms. The molecular formula is C59H36N4OS. The first-order valence-electron chi connectivity index (χ1n) is 21.8. The second kappa shape index (κ2) is 14.9. The summed E-state index contributed by atoms with van der Waals surface area (Å²) in [5.74, 6) is 2.57. The van der Waals surface area contributed by atoms with Crippen LogP contribution in [0, 0.1) is 0 Å². The second-order valence-electron chi connectivity index (χ2n) is 16.5. The zero-order valence-electron chi connectivity index (χ0n) is 34.9. The molecule has 0 amide bonds. The average Bonchev–Trinajstić information content (AvgIpc) is 4.07. The van der Waals surface area contributed by atoms with E-state index in [0.29, 0.717) is 23.4 Å². The van der Waals surface area contributed by atoms with Crippen LogP contribution in [0.1, 0.15) is 22.3 Å². The van der Waals surface area contributed by atoms with Crippen molar-refractivity contribution >= 4 is 42.6 Å². The Balaban J connectivity index is 0.921. The van der Waals surface area contributed by atoms with Gasteiger partial charge in [-0.3, -0.25) is 0 Å². The van der Waals surface area contributed by atoms with Crippen molar-refractivity contribution in [3.8, 4) is 67.9 Å². The third-order valence-corrected chi connectivity index (χ3v) is 14.0. The lowest BCUT2D eigenvalue weighted by molar-refractivity contribution is 0.618. The van der Waals surface area contributed by atoms with E-state index in [1.807, 2.05) is 102 Å². The minimum absolute atomic E-state index is 0.584. The highest BCUT2D eigenvalue weighted by Gasteiger charge is 2.46. The van der Waals surface area contributed by atoms with E-state index in [1.165, 1.54) is 48.0 Å². The summed E-state index contributed by atoms with van der Waals surface area (Å²) in [7, 11) is 0. The van der Waals surface area contributed by atoms with Crippen LogP contribution < -0.4 is 0 Å². The summed E-state index contributed by atoms with van der Waals surface area (Å²) < 4.78 is 8.96. The minimum Gasteiger partial charge on any atom is -0.436 e. The van der Waals surface area contributed by atoms with Crippen molar-refractivity contribution in [2.75, 3.05) is 0 Å². The first-order chi connectivity index (χ1) is 32.2. The Bertz CT molecular complexity index is 3660. The lowest BCUT2D eigenvalue weighted by Crippen LogP contribution is -2.28. The quantitative estimate of drug-likeness (QED) is 0.160. The van der Waals surface area contributed by atoms with Gasteiger partial charge in [0.05, 0.1) is 5.41 Å². The molecule has 13 rings (SSSR count). The third kappa shape index (κ3) is 6.06. The summed E-state index contributed by atoms with van der Waals surface area (Å²) >= 11 is 1.81. The SMILES string of the molecule is c1ccc(-c2nc(-c3ccccc3)nc(-c3ccc4sc5ccc(-c6ccc(C7(c8ccc9nc(-c%10ccccc%10)oc9c8)c8ccccc8-c8ccccc87)cc6)cc5c4c3)n2)cc1. The van der Waals surface area contributed by atoms with Gasteiger partial charge in [0.2, 0.25) is 5.89 Å². The summed E-state index contributed by atoms with van der Waals surface area (Å²) in [4.78, 5) is 19.9. The zero-order chi connectivity index (χ0) is 42.9. The number of hydrogen-bond acceptors (Lipinski definition) is 6. The lowest BCUT2D eigenvalue weighted by atomic mass is 9.67. The fourth-order valence-corrected chi connectivity index (χ4v) is 10.9. The fraction of sp³-hybridized carbons (Fsp3) is 0.0169. The zero-order valence-corrected chi connectivity index (χ0v) is 35.7. The number of oxazole rings is 1. The van der Waals surface area contributed by atoms with Gasteiger partial charge in [0, 0.05) is 42.4 Å². The molecule has 0 saturated carbocycles. The molecule has 5 nitrogen and oxygen atoms in total. The first kappa shape index (κ1) is 37.3. The smallest absolute Gasteiger partial charge is 0.227 e. The molecule has 0 N–H and O–H groups in total. The summed E-state index contributed by atoms with van der Waals surface area (Å²) in [6.07, 6.45) is 0. The second-order valence-corrected chi connectivity index (χ2v) is 17.6. The van der Waals surface area contributed by atoms with Crippen LogP contribution in [0.2, 0.25) is 0 Å². The van der Waals surface area contributed by atoms with E-state index in [-0.39, 0.29) is 0 Å². The Hall–Kier alpha value is -8.32. The highest BCUT2D eigenvalue weighted by molar-refractivity contribution is 7.25. The Kier molecular flexibility index (Phi) is 8.54. The largest absolute Gasteiger partial charge is 0.436 e. The van der Waals surface area contributed by atoms with Gasteiger partial charge in [0.1, 0.15) is 5.52 Å². The van der Waals surface area contributed by atoms with Crippen LogP contribution in [-0.4, -0.2) is 19.9 Å². The summed E-state index contributed by atoms with van der Waals surface area (Å²) in [6, 6.07) is 77.2. The topological polar surface area (TPSA) is 64.7 Å². The number of hydrogen-bond donors (Lipinski definition) is 0. The standard InChI is InChI=1S/C59H36N4OS/c1-4-14-38(15-5-1)55-61-56(39-16-6-2-7-17-39)63-57(62-55)42-27-33-54-48(35-42)47-34-41(26-32-53(47)65-54)37-24-28-43(29-25-37)59(49-22-12-10-20-45(49)46-21-11-13-23-50(46)59)44-30-31-51-52(36-44)64-58(60-51)40-18-8-3-9-19-40/h1-36H. The molecule has 9 aromatic carbocycles. The molecule has 6 heteroatoms. The van der Waals surface area contributed by atoms with Gasteiger partial charge in [0.15, 0.2) is 23.1 Å². The molecule has 304 valence electrons. The molecule has 0 spiro atoms. The molecule has 3 heterocycles. The Morgan fingerprint density at radius 3 is 1.43 bits per heavy atom. The van der Waals surface area contributed by atoms with E-state index >= 15 is 0 Å². The van der Waals surface area contributed by atoms with Gasteiger partial charge in [-0.05, 0) is 99.1 Å². The van der Waals surface area contributed by atoms with Gasteiger partial charge in [-0.15, -0.1) is 11.3 Å². The molecule has 0 atom stereocenters. The van der Waals surface area contributed by atoms with Crippen LogP contribution in [0.25, 0.3) is 99.1 Å². The van der Waals surface area contributed by atoms with Crippen LogP contribution in [0.15, 0.2) is 223 Å². The number of rotatable bonds is 7. The van der Waals surface area contributed by atoms with Gasteiger partial charge < -0.3 is 4.42 Å². The molecule has 1 aliphatic rings.